The Labute approximate surface area is 81.8 Å². The molecule has 1 fully saturated rings. The summed E-state index contributed by atoms with van der Waals surface area (Å²) in [5.74, 6) is -1.00. The molecule has 13 heavy (non-hydrogen) atoms. The molecule has 0 aliphatic heterocycles. The van der Waals surface area contributed by atoms with Crippen molar-refractivity contribution in [2.24, 2.45) is 5.92 Å². The van der Waals surface area contributed by atoms with Crippen LogP contribution in [0.1, 0.15) is 32.1 Å². The van der Waals surface area contributed by atoms with Crippen LogP contribution in [0.5, 0.6) is 0 Å². The molecule has 4 nitrogen and oxygen atoms in total. The van der Waals surface area contributed by atoms with Crippen LogP contribution in [0.15, 0.2) is 0 Å². The summed E-state index contributed by atoms with van der Waals surface area (Å²) in [6, 6.07) is 0. The average Bonchev–Trinajstić information content (AvgIpc) is 2.03. The second kappa shape index (κ2) is 4.28. The van der Waals surface area contributed by atoms with Crippen LogP contribution in [0.25, 0.3) is 0 Å². The van der Waals surface area contributed by atoms with Crippen LogP contribution in [0.3, 0.4) is 0 Å². The monoisotopic (exact) mass is 226 g/mol. The summed E-state index contributed by atoms with van der Waals surface area (Å²) in [4.78, 5) is 11.1. The van der Waals surface area contributed by atoms with E-state index in [0.29, 0.717) is 12.8 Å². The van der Waals surface area contributed by atoms with Crippen molar-refractivity contribution in [3.05, 3.63) is 0 Å². The standard InChI is InChI=1S/C7H11ClO4S/c8-13(10,11)12-7(9)6-4-2-1-3-5-6/h6H,1-5H2. The topological polar surface area (TPSA) is 60.4 Å². The second-order valence-corrected chi connectivity index (χ2v) is 5.22. The Bertz CT molecular complexity index is 279. The van der Waals surface area contributed by atoms with Gasteiger partial charge in [0.25, 0.3) is 0 Å². The zero-order chi connectivity index (χ0) is 9.90. The van der Waals surface area contributed by atoms with E-state index in [1.807, 2.05) is 0 Å². The van der Waals surface area contributed by atoms with Crippen molar-refractivity contribution in [2.45, 2.75) is 32.1 Å². The Balaban J connectivity index is 2.47. The summed E-state index contributed by atoms with van der Waals surface area (Å²) in [7, 11) is 0.626. The summed E-state index contributed by atoms with van der Waals surface area (Å²) >= 11 is 0. The minimum absolute atomic E-state index is 0.290. The maximum absolute atomic E-state index is 11.1. The molecular weight excluding hydrogens is 216 g/mol. The highest BCUT2D eigenvalue weighted by Crippen LogP contribution is 2.25. The predicted octanol–water partition coefficient (Wildman–Crippen LogP) is 1.59. The fourth-order valence-corrected chi connectivity index (χ4v) is 2.02. The molecule has 0 unspecified atom stereocenters. The SMILES string of the molecule is O=C(OS(=O)(=O)Cl)C1CCCCC1. The Kier molecular flexibility index (Phi) is 3.55. The maximum atomic E-state index is 11.1. The van der Waals surface area contributed by atoms with E-state index in [2.05, 4.69) is 4.18 Å². The molecule has 0 aromatic heterocycles. The lowest BCUT2D eigenvalue weighted by atomic mass is 9.90. The van der Waals surface area contributed by atoms with Crippen molar-refractivity contribution in [3.63, 3.8) is 0 Å². The molecule has 0 bridgehead atoms. The molecule has 1 rings (SSSR count). The zero-order valence-corrected chi connectivity index (χ0v) is 8.60. The van der Waals surface area contributed by atoms with Gasteiger partial charge in [-0.05, 0) is 12.8 Å². The van der Waals surface area contributed by atoms with E-state index in [1.54, 1.807) is 0 Å². The first-order chi connectivity index (χ1) is 5.99. The van der Waals surface area contributed by atoms with Crippen LogP contribution >= 0.6 is 10.7 Å². The first-order valence-corrected chi connectivity index (χ1v) is 6.40. The van der Waals surface area contributed by atoms with E-state index in [0.717, 1.165) is 19.3 Å². The van der Waals surface area contributed by atoms with E-state index in [1.165, 1.54) is 0 Å². The van der Waals surface area contributed by atoms with E-state index in [4.69, 9.17) is 10.7 Å². The molecule has 1 aliphatic carbocycles. The minimum atomic E-state index is -4.15. The molecule has 0 saturated heterocycles. The predicted molar refractivity (Wildman–Crippen MR) is 47.4 cm³/mol. The van der Waals surface area contributed by atoms with Crippen molar-refractivity contribution in [3.8, 4) is 0 Å². The van der Waals surface area contributed by atoms with Gasteiger partial charge in [0.15, 0.2) is 0 Å². The average molecular weight is 227 g/mol. The lowest BCUT2D eigenvalue weighted by Crippen LogP contribution is -2.21. The Morgan fingerprint density at radius 2 is 1.77 bits per heavy atom. The highest BCUT2D eigenvalue weighted by Gasteiger charge is 2.25. The van der Waals surface area contributed by atoms with Crippen LogP contribution in [-0.4, -0.2) is 14.4 Å². The molecule has 0 heterocycles. The number of carbonyl (C=O) groups is 1. The Morgan fingerprint density at radius 3 is 2.23 bits per heavy atom. The number of hydrogen-bond donors (Lipinski definition) is 0. The number of halogens is 1. The van der Waals surface area contributed by atoms with Crippen molar-refractivity contribution in [1.82, 2.24) is 0 Å². The molecule has 1 saturated carbocycles. The van der Waals surface area contributed by atoms with Crippen molar-refractivity contribution in [1.29, 1.82) is 0 Å². The third-order valence-electron chi connectivity index (χ3n) is 2.12. The van der Waals surface area contributed by atoms with E-state index in [9.17, 15) is 13.2 Å². The third kappa shape index (κ3) is 3.95. The highest BCUT2D eigenvalue weighted by molar-refractivity contribution is 8.10. The summed E-state index contributed by atoms with van der Waals surface area (Å²) in [5, 5.41) is 0. The van der Waals surface area contributed by atoms with Gasteiger partial charge in [-0.3, -0.25) is 4.79 Å². The zero-order valence-electron chi connectivity index (χ0n) is 7.03. The van der Waals surface area contributed by atoms with Crippen LogP contribution in [0, 0.1) is 5.92 Å². The minimum Gasteiger partial charge on any atom is -0.334 e. The maximum Gasteiger partial charge on any atom is 0.403 e. The Hall–Kier alpha value is -0.290. The molecule has 0 aromatic carbocycles. The lowest BCUT2D eigenvalue weighted by Gasteiger charge is -2.18. The van der Waals surface area contributed by atoms with Crippen molar-refractivity contribution < 1.29 is 17.4 Å². The smallest absolute Gasteiger partial charge is 0.334 e. The van der Waals surface area contributed by atoms with Gasteiger partial charge in [-0.1, -0.05) is 19.3 Å². The lowest BCUT2D eigenvalue weighted by molar-refractivity contribution is -0.139. The van der Waals surface area contributed by atoms with E-state index >= 15 is 0 Å². The fourth-order valence-electron chi connectivity index (χ4n) is 1.50. The Morgan fingerprint density at radius 1 is 1.23 bits per heavy atom. The summed E-state index contributed by atoms with van der Waals surface area (Å²) in [5.41, 5.74) is 0. The molecular formula is C7H11ClO4S. The number of hydrogen-bond acceptors (Lipinski definition) is 4. The van der Waals surface area contributed by atoms with Crippen LogP contribution in [0.2, 0.25) is 0 Å². The van der Waals surface area contributed by atoms with Crippen LogP contribution < -0.4 is 0 Å². The quantitative estimate of drug-likeness (QED) is 0.671. The molecule has 0 radical (unpaired) electrons. The molecule has 0 amide bonds. The van der Waals surface area contributed by atoms with Gasteiger partial charge in [0.05, 0.1) is 16.6 Å². The molecule has 0 N–H and O–H groups in total. The van der Waals surface area contributed by atoms with Crippen molar-refractivity contribution in [2.75, 3.05) is 0 Å². The summed E-state index contributed by atoms with van der Waals surface area (Å²) < 4.78 is 24.9. The summed E-state index contributed by atoms with van der Waals surface area (Å²) in [6.07, 6.45) is 4.39. The molecule has 0 aromatic rings. The van der Waals surface area contributed by atoms with Gasteiger partial charge in [-0.15, -0.1) is 0 Å². The van der Waals surface area contributed by atoms with Crippen LogP contribution in [-0.2, 0) is 18.3 Å². The first kappa shape index (κ1) is 10.8. The molecule has 1 aliphatic rings. The second-order valence-electron chi connectivity index (χ2n) is 3.13. The van der Waals surface area contributed by atoms with Gasteiger partial charge in [-0.25, -0.2) is 0 Å². The third-order valence-corrected chi connectivity index (χ3v) is 2.67. The van der Waals surface area contributed by atoms with E-state index in [-0.39, 0.29) is 5.92 Å². The van der Waals surface area contributed by atoms with Gasteiger partial charge in [0.2, 0.25) is 0 Å². The fraction of sp³-hybridized carbons (Fsp3) is 0.857. The largest absolute Gasteiger partial charge is 0.403 e. The van der Waals surface area contributed by atoms with Gasteiger partial charge in [0, 0.05) is 0 Å². The number of carbonyl (C=O) groups excluding carboxylic acids is 1. The first-order valence-electron chi connectivity index (χ1n) is 4.17. The summed E-state index contributed by atoms with van der Waals surface area (Å²) in [6.45, 7) is 0. The highest BCUT2D eigenvalue weighted by atomic mass is 35.7. The normalized spacial score (nSPS) is 19.8. The van der Waals surface area contributed by atoms with Crippen molar-refractivity contribution >= 4 is 26.0 Å². The van der Waals surface area contributed by atoms with Gasteiger partial charge >= 0.3 is 15.3 Å². The molecule has 76 valence electrons. The van der Waals surface area contributed by atoms with E-state index < -0.39 is 15.3 Å². The molecule has 0 spiro atoms. The van der Waals surface area contributed by atoms with Gasteiger partial charge < -0.3 is 4.18 Å². The van der Waals surface area contributed by atoms with Crippen LogP contribution in [0.4, 0.5) is 0 Å². The molecule has 0 atom stereocenters. The van der Waals surface area contributed by atoms with Gasteiger partial charge in [0.1, 0.15) is 0 Å². The molecule has 6 heteroatoms. The number of rotatable bonds is 2. The van der Waals surface area contributed by atoms with Gasteiger partial charge in [-0.2, -0.15) is 8.42 Å².